The maximum atomic E-state index is 12.8. The van der Waals surface area contributed by atoms with Gasteiger partial charge in [0.05, 0.1) is 11.7 Å². The van der Waals surface area contributed by atoms with E-state index >= 15 is 0 Å². The van der Waals surface area contributed by atoms with Crippen LogP contribution in [0.3, 0.4) is 0 Å². The first-order valence-electron chi connectivity index (χ1n) is 8.68. The van der Waals surface area contributed by atoms with Crippen LogP contribution in [0.2, 0.25) is 0 Å². The van der Waals surface area contributed by atoms with Crippen LogP contribution >= 0.6 is 0 Å². The number of carbonyl (C=O) groups is 1. The van der Waals surface area contributed by atoms with Crippen molar-refractivity contribution >= 4 is 5.91 Å². The number of amides is 1. The molecule has 122 valence electrons. The topological polar surface area (TPSA) is 35.6 Å². The van der Waals surface area contributed by atoms with Gasteiger partial charge in [-0.15, -0.1) is 0 Å². The number of hydrogen-bond acceptors (Lipinski definition) is 3. The monoisotopic (exact) mass is 295 g/mol. The van der Waals surface area contributed by atoms with Gasteiger partial charge in [0.15, 0.2) is 0 Å². The van der Waals surface area contributed by atoms with Gasteiger partial charge in [-0.2, -0.15) is 0 Å². The van der Waals surface area contributed by atoms with Gasteiger partial charge in [-0.25, -0.2) is 0 Å². The van der Waals surface area contributed by atoms with E-state index < -0.39 is 0 Å². The Morgan fingerprint density at radius 1 is 1.24 bits per heavy atom. The molecule has 3 atom stereocenters. The summed E-state index contributed by atoms with van der Waals surface area (Å²) in [4.78, 5) is 17.4. The summed E-state index contributed by atoms with van der Waals surface area (Å²) in [7, 11) is 0. The molecule has 2 aliphatic rings. The molecule has 21 heavy (non-hydrogen) atoms. The zero-order valence-corrected chi connectivity index (χ0v) is 14.5. The maximum Gasteiger partial charge on any atom is 0.243 e. The van der Waals surface area contributed by atoms with Crippen LogP contribution in [0.1, 0.15) is 53.9 Å². The molecule has 2 rings (SSSR count). The minimum Gasteiger partial charge on any atom is -0.325 e. The Balaban J connectivity index is 1.99. The van der Waals surface area contributed by atoms with Crippen molar-refractivity contribution < 1.29 is 4.79 Å². The van der Waals surface area contributed by atoms with Crippen molar-refractivity contribution in [1.82, 2.24) is 15.1 Å². The maximum absolute atomic E-state index is 12.8. The Morgan fingerprint density at radius 3 is 2.38 bits per heavy atom. The van der Waals surface area contributed by atoms with Crippen LogP contribution < -0.4 is 5.32 Å². The second-order valence-corrected chi connectivity index (χ2v) is 7.59. The van der Waals surface area contributed by atoms with E-state index in [9.17, 15) is 4.79 Å². The fourth-order valence-corrected chi connectivity index (χ4v) is 3.69. The fourth-order valence-electron chi connectivity index (χ4n) is 3.69. The van der Waals surface area contributed by atoms with Gasteiger partial charge in [-0.3, -0.25) is 10.1 Å². The number of nitrogens with zero attached hydrogens (tertiary/aromatic N) is 2. The third kappa shape index (κ3) is 3.59. The second-order valence-electron chi connectivity index (χ2n) is 7.59. The van der Waals surface area contributed by atoms with Gasteiger partial charge in [0, 0.05) is 13.1 Å². The zero-order chi connectivity index (χ0) is 15.6. The number of hydrogen-bond donors (Lipinski definition) is 1. The Morgan fingerprint density at radius 2 is 1.86 bits per heavy atom. The van der Waals surface area contributed by atoms with Gasteiger partial charge < -0.3 is 9.80 Å². The smallest absolute Gasteiger partial charge is 0.243 e. The number of rotatable bonds is 6. The molecule has 2 heterocycles. The standard InChI is InChI=1S/C17H33N3O/c1-6-17(5)16(21)20(15(18-17)13(2)3)12-14(4)11-19-9-7-8-10-19/h13-15,18H,6-12H2,1-5H3. The van der Waals surface area contributed by atoms with Crippen molar-refractivity contribution in [1.29, 1.82) is 0 Å². The Bertz CT molecular complexity index is 365. The summed E-state index contributed by atoms with van der Waals surface area (Å²) in [5.74, 6) is 1.27. The molecular weight excluding hydrogens is 262 g/mol. The molecule has 2 aliphatic heterocycles. The van der Waals surface area contributed by atoms with Crippen LogP contribution in [0.15, 0.2) is 0 Å². The first-order chi connectivity index (χ1) is 9.87. The van der Waals surface area contributed by atoms with Gasteiger partial charge >= 0.3 is 0 Å². The molecule has 4 nitrogen and oxygen atoms in total. The lowest BCUT2D eigenvalue weighted by Gasteiger charge is -2.31. The van der Waals surface area contributed by atoms with Crippen molar-refractivity contribution in [3.05, 3.63) is 0 Å². The van der Waals surface area contributed by atoms with E-state index in [1.165, 1.54) is 25.9 Å². The van der Waals surface area contributed by atoms with Crippen molar-refractivity contribution in [2.24, 2.45) is 11.8 Å². The predicted molar refractivity (Wildman–Crippen MR) is 87.0 cm³/mol. The third-order valence-electron chi connectivity index (χ3n) is 5.15. The van der Waals surface area contributed by atoms with Crippen molar-refractivity contribution in [3.63, 3.8) is 0 Å². The van der Waals surface area contributed by atoms with E-state index in [-0.39, 0.29) is 17.6 Å². The Kier molecular flexibility index (Phi) is 5.31. The van der Waals surface area contributed by atoms with Gasteiger partial charge in [-0.05, 0) is 51.1 Å². The summed E-state index contributed by atoms with van der Waals surface area (Å²) < 4.78 is 0. The van der Waals surface area contributed by atoms with E-state index in [2.05, 4.69) is 49.7 Å². The first kappa shape index (κ1) is 16.8. The van der Waals surface area contributed by atoms with E-state index in [0.717, 1.165) is 19.5 Å². The van der Waals surface area contributed by atoms with E-state index in [1.807, 2.05) is 0 Å². The average molecular weight is 295 g/mol. The molecule has 0 aromatic heterocycles. The van der Waals surface area contributed by atoms with E-state index in [0.29, 0.717) is 11.8 Å². The minimum absolute atomic E-state index is 0.184. The molecule has 0 bridgehead atoms. The van der Waals surface area contributed by atoms with Crippen LogP contribution in [0.5, 0.6) is 0 Å². The van der Waals surface area contributed by atoms with E-state index in [4.69, 9.17) is 0 Å². The molecule has 2 saturated heterocycles. The number of likely N-dealkylation sites (tertiary alicyclic amines) is 1. The van der Waals surface area contributed by atoms with Gasteiger partial charge in [0.25, 0.3) is 0 Å². The fraction of sp³-hybridized carbons (Fsp3) is 0.941. The highest BCUT2D eigenvalue weighted by Gasteiger charge is 2.47. The molecule has 0 radical (unpaired) electrons. The average Bonchev–Trinajstić information content (AvgIpc) is 3.01. The van der Waals surface area contributed by atoms with Crippen LogP contribution in [0.25, 0.3) is 0 Å². The van der Waals surface area contributed by atoms with Gasteiger partial charge in [0.1, 0.15) is 0 Å². The van der Waals surface area contributed by atoms with Crippen molar-refractivity contribution in [3.8, 4) is 0 Å². The third-order valence-corrected chi connectivity index (χ3v) is 5.15. The summed E-state index contributed by atoms with van der Waals surface area (Å²) >= 11 is 0. The van der Waals surface area contributed by atoms with Crippen molar-refractivity contribution in [2.45, 2.75) is 65.6 Å². The van der Waals surface area contributed by atoms with E-state index in [1.54, 1.807) is 0 Å². The Labute approximate surface area is 130 Å². The van der Waals surface area contributed by atoms with Crippen molar-refractivity contribution in [2.75, 3.05) is 26.2 Å². The summed E-state index contributed by atoms with van der Waals surface area (Å²) in [6.45, 7) is 15.3. The molecular formula is C17H33N3O. The van der Waals surface area contributed by atoms with Crippen LogP contribution in [0, 0.1) is 11.8 Å². The predicted octanol–water partition coefficient (Wildman–Crippen LogP) is 2.30. The first-order valence-corrected chi connectivity index (χ1v) is 8.68. The lowest BCUT2D eigenvalue weighted by atomic mass is 9.99. The highest BCUT2D eigenvalue weighted by molar-refractivity contribution is 5.88. The quantitative estimate of drug-likeness (QED) is 0.817. The SMILES string of the molecule is CCC1(C)NC(C(C)C)N(CC(C)CN2CCCC2)C1=O. The second kappa shape index (κ2) is 6.66. The molecule has 0 saturated carbocycles. The highest BCUT2D eigenvalue weighted by atomic mass is 16.2. The lowest BCUT2D eigenvalue weighted by Crippen LogP contribution is -2.45. The highest BCUT2D eigenvalue weighted by Crippen LogP contribution is 2.28. The minimum atomic E-state index is -0.373. The van der Waals surface area contributed by atoms with Crippen LogP contribution in [-0.4, -0.2) is 53.6 Å². The molecule has 0 spiro atoms. The summed E-state index contributed by atoms with van der Waals surface area (Å²) in [5.41, 5.74) is -0.373. The van der Waals surface area contributed by atoms with Gasteiger partial charge in [0.2, 0.25) is 5.91 Å². The molecule has 0 aromatic carbocycles. The normalized spacial score (nSPS) is 32.4. The molecule has 1 N–H and O–H groups in total. The molecule has 0 aromatic rings. The summed E-state index contributed by atoms with van der Waals surface area (Å²) in [6.07, 6.45) is 3.70. The molecule has 2 fully saturated rings. The largest absolute Gasteiger partial charge is 0.325 e. The number of carbonyl (C=O) groups excluding carboxylic acids is 1. The molecule has 4 heteroatoms. The Hall–Kier alpha value is -0.610. The summed E-state index contributed by atoms with van der Waals surface area (Å²) in [5, 5.41) is 3.58. The van der Waals surface area contributed by atoms with Crippen LogP contribution in [0.4, 0.5) is 0 Å². The van der Waals surface area contributed by atoms with Gasteiger partial charge in [-0.1, -0.05) is 27.7 Å². The van der Waals surface area contributed by atoms with Crippen LogP contribution in [-0.2, 0) is 4.79 Å². The zero-order valence-electron chi connectivity index (χ0n) is 14.5. The number of nitrogens with one attached hydrogen (secondary N) is 1. The summed E-state index contributed by atoms with van der Waals surface area (Å²) in [6, 6.07) is 0. The molecule has 1 amide bonds. The molecule has 0 aliphatic carbocycles. The molecule has 3 unspecified atom stereocenters. The lowest BCUT2D eigenvalue weighted by molar-refractivity contribution is -0.134.